The fourth-order valence-electron chi connectivity index (χ4n) is 1.41. The monoisotopic (exact) mass is 298 g/mol. The van der Waals surface area contributed by atoms with E-state index in [4.69, 9.17) is 17.3 Å². The molecule has 0 spiro atoms. The van der Waals surface area contributed by atoms with Gasteiger partial charge in [-0.3, -0.25) is 9.59 Å². The normalized spacial score (nSPS) is 10.4. The summed E-state index contributed by atoms with van der Waals surface area (Å²) in [5, 5.41) is 5.46. The number of halogens is 1. The molecule has 0 aliphatic heterocycles. The van der Waals surface area contributed by atoms with Gasteiger partial charge in [-0.2, -0.15) is 0 Å². The third kappa shape index (κ3) is 5.44. The molecule has 4 N–H and O–H groups in total. The van der Waals surface area contributed by atoms with Gasteiger partial charge in [-0.15, -0.1) is 0 Å². The lowest BCUT2D eigenvalue weighted by Crippen LogP contribution is -2.32. The van der Waals surface area contributed by atoms with E-state index in [1.807, 2.05) is 13.8 Å². The van der Waals surface area contributed by atoms with Crippen LogP contribution < -0.4 is 16.4 Å². The van der Waals surface area contributed by atoms with E-state index in [0.717, 1.165) is 0 Å². The van der Waals surface area contributed by atoms with Crippen LogP contribution in [0.1, 0.15) is 30.6 Å². The van der Waals surface area contributed by atoms with Crippen molar-refractivity contribution in [2.24, 2.45) is 5.92 Å². The zero-order valence-electron chi connectivity index (χ0n) is 11.6. The minimum absolute atomic E-state index is 0.0842. The largest absolute Gasteiger partial charge is 0.397 e. The number of nitrogens with zero attached hydrogens (tertiary/aromatic N) is 1. The van der Waals surface area contributed by atoms with Gasteiger partial charge in [0.15, 0.2) is 0 Å². The average Bonchev–Trinajstić information content (AvgIpc) is 2.39. The van der Waals surface area contributed by atoms with Crippen LogP contribution in [0.5, 0.6) is 0 Å². The number of hydrogen-bond donors (Lipinski definition) is 3. The summed E-state index contributed by atoms with van der Waals surface area (Å²) in [5.41, 5.74) is 6.10. The summed E-state index contributed by atoms with van der Waals surface area (Å²) in [4.78, 5) is 27.1. The number of hydrogen-bond acceptors (Lipinski definition) is 4. The lowest BCUT2D eigenvalue weighted by Gasteiger charge is -2.09. The Balaban J connectivity index is 2.40. The highest BCUT2D eigenvalue weighted by Gasteiger charge is 2.12. The molecule has 0 aliphatic rings. The lowest BCUT2D eigenvalue weighted by molar-refractivity contribution is -0.121. The van der Waals surface area contributed by atoms with Crippen LogP contribution in [0.15, 0.2) is 12.3 Å². The fourth-order valence-corrected chi connectivity index (χ4v) is 1.60. The summed E-state index contributed by atoms with van der Waals surface area (Å²) in [6.45, 7) is 4.87. The maximum atomic E-state index is 11.8. The Bertz CT molecular complexity index is 491. The molecule has 0 unspecified atom stereocenters. The molecule has 20 heavy (non-hydrogen) atoms. The molecule has 7 heteroatoms. The van der Waals surface area contributed by atoms with Crippen molar-refractivity contribution in [3.05, 3.63) is 23.0 Å². The summed E-state index contributed by atoms with van der Waals surface area (Å²) in [6.07, 6.45) is 1.59. The molecule has 0 bridgehead atoms. The molecule has 0 aliphatic carbocycles. The van der Waals surface area contributed by atoms with E-state index in [9.17, 15) is 9.59 Å². The lowest BCUT2D eigenvalue weighted by atomic mass is 10.2. The van der Waals surface area contributed by atoms with Crippen LogP contribution in [0.4, 0.5) is 5.69 Å². The van der Waals surface area contributed by atoms with Gasteiger partial charge in [0, 0.05) is 19.5 Å². The van der Waals surface area contributed by atoms with Crippen LogP contribution in [0, 0.1) is 5.92 Å². The highest BCUT2D eigenvalue weighted by molar-refractivity contribution is 6.32. The number of nitrogens with one attached hydrogen (secondary N) is 2. The number of rotatable bonds is 6. The number of pyridine rings is 1. The van der Waals surface area contributed by atoms with Gasteiger partial charge in [0.25, 0.3) is 5.91 Å². The molecule has 1 aromatic heterocycles. The molecule has 0 saturated carbocycles. The van der Waals surface area contributed by atoms with Crippen molar-refractivity contribution in [1.82, 2.24) is 15.6 Å². The summed E-state index contributed by atoms with van der Waals surface area (Å²) < 4.78 is 0. The van der Waals surface area contributed by atoms with Gasteiger partial charge in [-0.25, -0.2) is 4.98 Å². The molecular weight excluding hydrogens is 280 g/mol. The van der Waals surface area contributed by atoms with E-state index in [2.05, 4.69) is 15.6 Å². The second-order valence-corrected chi connectivity index (χ2v) is 5.17. The topological polar surface area (TPSA) is 97.1 Å². The average molecular weight is 299 g/mol. The van der Waals surface area contributed by atoms with Gasteiger partial charge >= 0.3 is 0 Å². The van der Waals surface area contributed by atoms with Crippen LogP contribution in [0.3, 0.4) is 0 Å². The van der Waals surface area contributed by atoms with Crippen molar-refractivity contribution >= 4 is 29.1 Å². The van der Waals surface area contributed by atoms with Crippen LogP contribution in [0.2, 0.25) is 5.15 Å². The Hall–Kier alpha value is -1.82. The number of carbonyl (C=O) groups is 2. The molecule has 1 heterocycles. The van der Waals surface area contributed by atoms with Crippen LogP contribution in [-0.4, -0.2) is 29.9 Å². The predicted octanol–water partition coefficient (Wildman–Crippen LogP) is 1.21. The quantitative estimate of drug-likeness (QED) is 0.688. The molecule has 0 fully saturated rings. The maximum absolute atomic E-state index is 11.8. The van der Waals surface area contributed by atoms with Gasteiger partial charge in [0.1, 0.15) is 5.15 Å². The van der Waals surface area contributed by atoms with Crippen LogP contribution in [0.25, 0.3) is 0 Å². The van der Waals surface area contributed by atoms with Gasteiger partial charge in [-0.1, -0.05) is 25.4 Å². The second-order valence-electron chi connectivity index (χ2n) is 4.81. The van der Waals surface area contributed by atoms with E-state index in [1.54, 1.807) is 0 Å². The summed E-state index contributed by atoms with van der Waals surface area (Å²) in [7, 11) is 0. The number of nitrogen functional groups attached to an aromatic ring is 1. The Morgan fingerprint density at radius 2 is 2.10 bits per heavy atom. The molecule has 0 radical (unpaired) electrons. The summed E-state index contributed by atoms with van der Waals surface area (Å²) >= 11 is 5.81. The molecule has 0 aromatic carbocycles. The zero-order chi connectivity index (χ0) is 15.1. The number of anilines is 1. The van der Waals surface area contributed by atoms with E-state index >= 15 is 0 Å². The Kier molecular flexibility index (Phi) is 6.24. The molecule has 1 aromatic rings. The molecule has 2 amide bonds. The van der Waals surface area contributed by atoms with Crippen LogP contribution in [-0.2, 0) is 4.79 Å². The highest BCUT2D eigenvalue weighted by Crippen LogP contribution is 2.15. The van der Waals surface area contributed by atoms with Gasteiger partial charge in [-0.05, 0) is 12.0 Å². The zero-order valence-corrected chi connectivity index (χ0v) is 12.3. The van der Waals surface area contributed by atoms with Gasteiger partial charge in [0.2, 0.25) is 5.91 Å². The van der Waals surface area contributed by atoms with E-state index in [1.165, 1.54) is 12.3 Å². The van der Waals surface area contributed by atoms with Crippen molar-refractivity contribution in [3.63, 3.8) is 0 Å². The Morgan fingerprint density at radius 1 is 1.40 bits per heavy atom. The van der Waals surface area contributed by atoms with Gasteiger partial charge < -0.3 is 16.4 Å². The third-order valence-corrected chi connectivity index (χ3v) is 2.75. The minimum atomic E-state index is -0.397. The smallest absolute Gasteiger partial charge is 0.254 e. The third-order valence-electron chi connectivity index (χ3n) is 2.45. The molecule has 6 nitrogen and oxygen atoms in total. The number of carbonyl (C=O) groups excluding carboxylic acids is 2. The van der Waals surface area contributed by atoms with E-state index in [-0.39, 0.29) is 29.6 Å². The van der Waals surface area contributed by atoms with Crippen molar-refractivity contribution in [2.75, 3.05) is 18.8 Å². The van der Waals surface area contributed by atoms with Crippen molar-refractivity contribution in [2.45, 2.75) is 20.3 Å². The first-order chi connectivity index (χ1) is 9.40. The first kappa shape index (κ1) is 16.2. The second kappa shape index (κ2) is 7.69. The first-order valence-corrected chi connectivity index (χ1v) is 6.74. The minimum Gasteiger partial charge on any atom is -0.397 e. The van der Waals surface area contributed by atoms with Gasteiger partial charge in [0.05, 0.1) is 17.4 Å². The van der Waals surface area contributed by atoms with Crippen molar-refractivity contribution < 1.29 is 9.59 Å². The molecule has 110 valence electrons. The summed E-state index contributed by atoms with van der Waals surface area (Å²) in [6, 6.07) is 1.45. The number of nitrogens with two attached hydrogens (primary N) is 1. The molecular formula is C13H19ClN4O2. The fraction of sp³-hybridized carbons (Fsp3) is 0.462. The van der Waals surface area contributed by atoms with E-state index < -0.39 is 5.91 Å². The van der Waals surface area contributed by atoms with Crippen molar-refractivity contribution in [1.29, 1.82) is 0 Å². The number of aromatic nitrogens is 1. The standard InChI is InChI=1S/C13H19ClN4O2/c1-8(2)6-17-11(19)3-4-16-13(20)10-5-9(15)7-18-12(10)14/h5,7-8H,3-4,6,15H2,1-2H3,(H,16,20)(H,17,19). The Morgan fingerprint density at radius 3 is 2.75 bits per heavy atom. The maximum Gasteiger partial charge on any atom is 0.254 e. The first-order valence-electron chi connectivity index (χ1n) is 6.36. The van der Waals surface area contributed by atoms with Crippen molar-refractivity contribution in [3.8, 4) is 0 Å². The highest BCUT2D eigenvalue weighted by atomic mass is 35.5. The molecule has 1 rings (SSSR count). The number of amides is 2. The molecule has 0 saturated heterocycles. The summed E-state index contributed by atoms with van der Waals surface area (Å²) in [5.74, 6) is -0.104. The van der Waals surface area contributed by atoms with E-state index in [0.29, 0.717) is 18.2 Å². The van der Waals surface area contributed by atoms with Crippen LogP contribution >= 0.6 is 11.6 Å². The molecule has 0 atom stereocenters. The SMILES string of the molecule is CC(C)CNC(=O)CCNC(=O)c1cc(N)cnc1Cl. The Labute approximate surface area is 123 Å². The predicted molar refractivity (Wildman–Crippen MR) is 78.5 cm³/mol.